The Bertz CT molecular complexity index is 494. The van der Waals surface area contributed by atoms with Gasteiger partial charge in [-0.25, -0.2) is 0 Å². The second-order valence-corrected chi connectivity index (χ2v) is 5.83. The van der Waals surface area contributed by atoms with Crippen LogP contribution < -0.4 is 5.32 Å². The van der Waals surface area contributed by atoms with Gasteiger partial charge in [0.2, 0.25) is 0 Å². The Morgan fingerprint density at radius 1 is 1.20 bits per heavy atom. The number of hydrogen-bond donors (Lipinski definition) is 1. The number of nitrogens with one attached hydrogen (secondary N) is 1. The first-order valence-electron chi connectivity index (χ1n) is 6.75. The third-order valence-corrected chi connectivity index (χ3v) is 4.10. The zero-order chi connectivity index (χ0) is 14.6. The largest absolute Gasteiger partial charge is 0.416 e. The lowest BCUT2D eigenvalue weighted by atomic mass is 9.97. The molecule has 0 saturated carbocycles. The van der Waals surface area contributed by atoms with Gasteiger partial charge in [0.05, 0.1) is 5.56 Å². The van der Waals surface area contributed by atoms with Gasteiger partial charge in [0.1, 0.15) is 0 Å². The minimum Gasteiger partial charge on any atom is -0.384 e. The zero-order valence-electron chi connectivity index (χ0n) is 11.1. The summed E-state index contributed by atoms with van der Waals surface area (Å²) in [5.41, 5.74) is 1.52. The molecule has 0 amide bonds. The molecule has 0 fully saturated rings. The van der Waals surface area contributed by atoms with Crippen molar-refractivity contribution in [2.45, 2.75) is 38.3 Å². The van der Waals surface area contributed by atoms with Gasteiger partial charge in [-0.3, -0.25) is 0 Å². The van der Waals surface area contributed by atoms with Gasteiger partial charge >= 0.3 is 6.18 Å². The lowest BCUT2D eigenvalue weighted by Crippen LogP contribution is -2.07. The molecule has 110 valence electrons. The van der Waals surface area contributed by atoms with Gasteiger partial charge in [-0.05, 0) is 66.2 Å². The van der Waals surface area contributed by atoms with Crippen molar-refractivity contribution in [1.29, 1.82) is 0 Å². The van der Waals surface area contributed by atoms with Crippen LogP contribution in [0.4, 0.5) is 18.9 Å². The summed E-state index contributed by atoms with van der Waals surface area (Å²) in [7, 11) is 0. The van der Waals surface area contributed by atoms with E-state index in [0.29, 0.717) is 10.2 Å². The summed E-state index contributed by atoms with van der Waals surface area (Å²) >= 11 is 3.19. The van der Waals surface area contributed by atoms with Gasteiger partial charge in [0.15, 0.2) is 0 Å². The fourth-order valence-corrected chi connectivity index (χ4v) is 2.84. The molecule has 0 bridgehead atoms. The minimum atomic E-state index is -4.30. The van der Waals surface area contributed by atoms with Gasteiger partial charge in [-0.15, -0.1) is 0 Å². The average molecular weight is 348 g/mol. The van der Waals surface area contributed by atoms with Crippen LogP contribution in [0.2, 0.25) is 0 Å². The van der Waals surface area contributed by atoms with Crippen LogP contribution in [0.5, 0.6) is 0 Å². The predicted octanol–water partition coefficient (Wildman–Crippen LogP) is 5.77. The van der Waals surface area contributed by atoms with E-state index in [9.17, 15) is 13.2 Å². The van der Waals surface area contributed by atoms with Crippen molar-refractivity contribution >= 4 is 21.6 Å². The summed E-state index contributed by atoms with van der Waals surface area (Å²) in [5, 5.41) is 3.18. The van der Waals surface area contributed by atoms with E-state index in [0.717, 1.165) is 37.9 Å². The Balaban J connectivity index is 1.91. The van der Waals surface area contributed by atoms with Crippen LogP contribution in [0.25, 0.3) is 0 Å². The first-order chi connectivity index (χ1) is 9.47. The molecule has 0 aromatic heterocycles. The first kappa shape index (κ1) is 15.4. The van der Waals surface area contributed by atoms with Crippen molar-refractivity contribution in [3.05, 3.63) is 39.9 Å². The van der Waals surface area contributed by atoms with Crippen LogP contribution in [0.15, 0.2) is 34.3 Å². The summed E-state index contributed by atoms with van der Waals surface area (Å²) in [6, 6.07) is 3.69. The number of alkyl halides is 3. The molecule has 1 aliphatic rings. The lowest BCUT2D eigenvalue weighted by molar-refractivity contribution is -0.137. The molecule has 1 aliphatic carbocycles. The highest BCUT2D eigenvalue weighted by Gasteiger charge is 2.30. The van der Waals surface area contributed by atoms with Gasteiger partial charge in [0, 0.05) is 16.7 Å². The van der Waals surface area contributed by atoms with E-state index in [1.54, 1.807) is 0 Å². The fourth-order valence-electron chi connectivity index (χ4n) is 2.32. The van der Waals surface area contributed by atoms with E-state index in [1.165, 1.54) is 24.5 Å². The average Bonchev–Trinajstić information content (AvgIpc) is 2.40. The molecule has 0 atom stereocenters. The minimum absolute atomic E-state index is 0.449. The van der Waals surface area contributed by atoms with Gasteiger partial charge in [-0.2, -0.15) is 13.2 Å². The normalized spacial score (nSPS) is 15.9. The summed E-state index contributed by atoms with van der Waals surface area (Å²) in [4.78, 5) is 0. The van der Waals surface area contributed by atoms with Crippen LogP contribution >= 0.6 is 15.9 Å². The van der Waals surface area contributed by atoms with Crippen LogP contribution in [0.3, 0.4) is 0 Å². The number of hydrogen-bond acceptors (Lipinski definition) is 1. The Hall–Kier alpha value is -0.970. The maximum absolute atomic E-state index is 12.5. The molecule has 1 nitrogen and oxygen atoms in total. The Kier molecular flexibility index (Phi) is 5.13. The SMILES string of the molecule is FC(F)(F)c1ccc(NCCC2=CCCCC2)c(Br)c1. The summed E-state index contributed by atoms with van der Waals surface area (Å²) in [6.07, 6.45) is 3.75. The topological polar surface area (TPSA) is 12.0 Å². The molecule has 5 heteroatoms. The summed E-state index contributed by atoms with van der Waals surface area (Å²) in [6.45, 7) is 0.746. The molecular weight excluding hydrogens is 331 g/mol. The number of rotatable bonds is 4. The van der Waals surface area contributed by atoms with Gasteiger partial charge in [0.25, 0.3) is 0 Å². The second-order valence-electron chi connectivity index (χ2n) is 4.98. The van der Waals surface area contributed by atoms with Crippen LogP contribution in [0.1, 0.15) is 37.7 Å². The van der Waals surface area contributed by atoms with Gasteiger partial charge < -0.3 is 5.32 Å². The monoisotopic (exact) mass is 347 g/mol. The van der Waals surface area contributed by atoms with Crippen molar-refractivity contribution in [1.82, 2.24) is 0 Å². The maximum Gasteiger partial charge on any atom is 0.416 e. The van der Waals surface area contributed by atoms with E-state index in [2.05, 4.69) is 27.3 Å². The van der Waals surface area contributed by atoms with Crippen molar-refractivity contribution in [2.75, 3.05) is 11.9 Å². The van der Waals surface area contributed by atoms with Crippen LogP contribution in [-0.2, 0) is 6.18 Å². The molecule has 1 aromatic rings. The van der Waals surface area contributed by atoms with Crippen molar-refractivity contribution < 1.29 is 13.2 Å². The molecule has 0 spiro atoms. The lowest BCUT2D eigenvalue weighted by Gasteiger charge is -2.15. The second kappa shape index (κ2) is 6.66. The van der Waals surface area contributed by atoms with Gasteiger partial charge in [-0.1, -0.05) is 11.6 Å². The number of anilines is 1. The maximum atomic E-state index is 12.5. The zero-order valence-corrected chi connectivity index (χ0v) is 12.6. The molecule has 20 heavy (non-hydrogen) atoms. The third-order valence-electron chi connectivity index (χ3n) is 3.44. The molecule has 0 saturated heterocycles. The standard InChI is InChI=1S/C15H17BrF3N/c16-13-10-12(15(17,18)19)6-7-14(13)20-9-8-11-4-2-1-3-5-11/h4,6-7,10,20H,1-3,5,8-9H2. The highest BCUT2D eigenvalue weighted by Crippen LogP contribution is 2.34. The van der Waals surface area contributed by atoms with Crippen molar-refractivity contribution in [3.8, 4) is 0 Å². The van der Waals surface area contributed by atoms with Crippen LogP contribution in [0, 0.1) is 0 Å². The molecule has 0 radical (unpaired) electrons. The number of benzene rings is 1. The van der Waals surface area contributed by atoms with E-state index >= 15 is 0 Å². The molecule has 0 unspecified atom stereocenters. The smallest absolute Gasteiger partial charge is 0.384 e. The van der Waals surface area contributed by atoms with Crippen LogP contribution in [-0.4, -0.2) is 6.54 Å². The Morgan fingerprint density at radius 3 is 2.60 bits per heavy atom. The van der Waals surface area contributed by atoms with Crippen molar-refractivity contribution in [2.24, 2.45) is 0 Å². The molecule has 0 aliphatic heterocycles. The van der Waals surface area contributed by atoms with Crippen molar-refractivity contribution in [3.63, 3.8) is 0 Å². The quantitative estimate of drug-likeness (QED) is 0.681. The number of allylic oxidation sites excluding steroid dienone is 1. The molecule has 2 rings (SSSR count). The third kappa shape index (κ3) is 4.27. The molecular formula is C15H17BrF3N. The first-order valence-corrected chi connectivity index (χ1v) is 7.54. The van der Waals surface area contributed by atoms with E-state index in [1.807, 2.05) is 0 Å². The summed E-state index contributed by atoms with van der Waals surface area (Å²) in [5.74, 6) is 0. The highest BCUT2D eigenvalue weighted by atomic mass is 79.9. The number of halogens is 4. The molecule has 1 aromatic carbocycles. The van der Waals surface area contributed by atoms with E-state index in [4.69, 9.17) is 0 Å². The predicted molar refractivity (Wildman–Crippen MR) is 78.8 cm³/mol. The Morgan fingerprint density at radius 2 is 2.00 bits per heavy atom. The molecule has 1 N–H and O–H groups in total. The Labute approximate surface area is 125 Å². The van der Waals surface area contributed by atoms with E-state index in [-0.39, 0.29) is 0 Å². The van der Waals surface area contributed by atoms with E-state index < -0.39 is 11.7 Å². The fraction of sp³-hybridized carbons (Fsp3) is 0.467. The highest BCUT2D eigenvalue weighted by molar-refractivity contribution is 9.10. The molecule has 0 heterocycles. The summed E-state index contributed by atoms with van der Waals surface area (Å²) < 4.78 is 38.1.